The standard InChI is InChI=1S/C6H2F10O4S/c7-2(8)3(9)20-6(14,15)4(10,5(11,12)13)19-1-21(16,17)18/h1H2. The van der Waals surface area contributed by atoms with Crippen LogP contribution in [0.1, 0.15) is 0 Å². The van der Waals surface area contributed by atoms with Gasteiger partial charge in [-0.3, -0.25) is 0 Å². The van der Waals surface area contributed by atoms with Crippen molar-refractivity contribution in [2.45, 2.75) is 18.1 Å². The highest BCUT2D eigenvalue weighted by Gasteiger charge is 2.76. The molecular weight excluding hydrogens is 358 g/mol. The molecule has 0 bridgehead atoms. The van der Waals surface area contributed by atoms with Gasteiger partial charge in [0.05, 0.1) is 0 Å². The SMILES string of the molecule is O=S(=O)(F)COC(F)(C(F)(F)F)C(F)(F)OC(F)=C(F)F. The van der Waals surface area contributed by atoms with Crippen molar-refractivity contribution in [3.63, 3.8) is 0 Å². The van der Waals surface area contributed by atoms with Gasteiger partial charge in [-0.1, -0.05) is 0 Å². The van der Waals surface area contributed by atoms with E-state index >= 15 is 0 Å². The minimum absolute atomic E-state index is 2.15. The lowest BCUT2D eigenvalue weighted by atomic mass is 10.2. The molecule has 0 aliphatic carbocycles. The van der Waals surface area contributed by atoms with E-state index in [-0.39, 0.29) is 0 Å². The van der Waals surface area contributed by atoms with E-state index in [0.29, 0.717) is 0 Å². The minimum atomic E-state index is -6.80. The van der Waals surface area contributed by atoms with Crippen molar-refractivity contribution in [2.24, 2.45) is 0 Å². The summed E-state index contributed by atoms with van der Waals surface area (Å²) in [6.45, 7) is 0. The van der Waals surface area contributed by atoms with Crippen LogP contribution < -0.4 is 0 Å². The second-order valence-electron chi connectivity index (χ2n) is 3.05. The normalized spacial score (nSPS) is 16.3. The van der Waals surface area contributed by atoms with E-state index in [0.717, 1.165) is 0 Å². The molecule has 0 saturated carbocycles. The van der Waals surface area contributed by atoms with Crippen molar-refractivity contribution < 1.29 is 61.3 Å². The van der Waals surface area contributed by atoms with Gasteiger partial charge in [0.1, 0.15) is 0 Å². The first-order valence-electron chi connectivity index (χ1n) is 4.13. The van der Waals surface area contributed by atoms with Crippen molar-refractivity contribution in [1.29, 1.82) is 0 Å². The Morgan fingerprint density at radius 3 is 1.67 bits per heavy atom. The monoisotopic (exact) mass is 360 g/mol. The highest BCUT2D eigenvalue weighted by molar-refractivity contribution is 7.86. The summed E-state index contributed by atoms with van der Waals surface area (Å²) in [4.78, 5) is 0. The summed E-state index contributed by atoms with van der Waals surface area (Å²) in [5.74, 6) is -9.29. The van der Waals surface area contributed by atoms with Gasteiger partial charge < -0.3 is 9.47 Å². The molecule has 126 valence electrons. The van der Waals surface area contributed by atoms with Gasteiger partial charge in [0.2, 0.25) is 0 Å². The summed E-state index contributed by atoms with van der Waals surface area (Å²) >= 11 is 0. The zero-order valence-electron chi connectivity index (χ0n) is 9.03. The van der Waals surface area contributed by atoms with Crippen LogP contribution in [0.25, 0.3) is 0 Å². The molecule has 0 aliphatic rings. The fourth-order valence-corrected chi connectivity index (χ4v) is 1.00. The maximum Gasteiger partial charge on any atom is 0.471 e. The Morgan fingerprint density at radius 1 is 0.952 bits per heavy atom. The Morgan fingerprint density at radius 2 is 1.38 bits per heavy atom. The molecule has 0 N–H and O–H groups in total. The predicted octanol–water partition coefficient (Wildman–Crippen LogP) is 3.13. The van der Waals surface area contributed by atoms with Crippen LogP contribution in [0.5, 0.6) is 0 Å². The van der Waals surface area contributed by atoms with E-state index in [4.69, 9.17) is 0 Å². The van der Waals surface area contributed by atoms with Crippen LogP contribution in [0.3, 0.4) is 0 Å². The molecule has 0 rings (SSSR count). The van der Waals surface area contributed by atoms with Gasteiger partial charge in [-0.05, 0) is 0 Å². The lowest BCUT2D eigenvalue weighted by Crippen LogP contribution is -2.58. The number of rotatable bonds is 6. The Bertz CT molecular complexity index is 506. The number of alkyl halides is 6. The van der Waals surface area contributed by atoms with E-state index in [1.165, 1.54) is 0 Å². The average Bonchev–Trinajstić information content (AvgIpc) is 2.21. The summed E-state index contributed by atoms with van der Waals surface area (Å²) in [6.07, 6.45) is -17.0. The van der Waals surface area contributed by atoms with Crippen LogP contribution in [0.2, 0.25) is 0 Å². The first kappa shape index (κ1) is 19.8. The molecule has 1 unspecified atom stereocenters. The van der Waals surface area contributed by atoms with E-state index in [2.05, 4.69) is 9.47 Å². The molecular formula is C6H2F10O4S. The van der Waals surface area contributed by atoms with Gasteiger partial charge >= 0.3 is 40.5 Å². The average molecular weight is 360 g/mol. The van der Waals surface area contributed by atoms with Gasteiger partial charge in [-0.25, -0.2) is 0 Å². The second-order valence-corrected chi connectivity index (χ2v) is 4.36. The topological polar surface area (TPSA) is 52.6 Å². The molecule has 15 heteroatoms. The molecule has 0 aromatic rings. The third-order valence-corrected chi connectivity index (χ3v) is 1.90. The molecule has 0 saturated heterocycles. The maximum absolute atomic E-state index is 13.1. The molecule has 0 heterocycles. The van der Waals surface area contributed by atoms with Crippen molar-refractivity contribution in [1.82, 2.24) is 0 Å². The highest BCUT2D eigenvalue weighted by atomic mass is 32.3. The van der Waals surface area contributed by atoms with E-state index in [9.17, 15) is 51.8 Å². The third kappa shape index (κ3) is 4.90. The van der Waals surface area contributed by atoms with Gasteiger partial charge in [-0.15, -0.1) is 3.89 Å². The molecule has 0 aromatic heterocycles. The molecule has 0 spiro atoms. The Labute approximate surface area is 109 Å². The van der Waals surface area contributed by atoms with E-state index in [1.807, 2.05) is 0 Å². The summed E-state index contributed by atoms with van der Waals surface area (Å²) < 4.78 is 146. The molecule has 0 aromatic carbocycles. The number of hydrogen-bond acceptors (Lipinski definition) is 4. The molecule has 0 amide bonds. The van der Waals surface area contributed by atoms with Crippen molar-refractivity contribution in [3.8, 4) is 0 Å². The zero-order valence-corrected chi connectivity index (χ0v) is 9.84. The van der Waals surface area contributed by atoms with Crippen LogP contribution >= 0.6 is 0 Å². The third-order valence-electron chi connectivity index (χ3n) is 1.50. The summed E-state index contributed by atoms with van der Waals surface area (Å²) in [7, 11) is -6.03. The molecule has 0 aliphatic heterocycles. The smallest absolute Gasteiger partial charge is 0.398 e. The van der Waals surface area contributed by atoms with Crippen molar-refractivity contribution in [2.75, 3.05) is 5.94 Å². The van der Waals surface area contributed by atoms with E-state index < -0.39 is 46.4 Å². The first-order chi connectivity index (χ1) is 9.03. The van der Waals surface area contributed by atoms with Gasteiger partial charge in [0.15, 0.2) is 5.94 Å². The van der Waals surface area contributed by atoms with Gasteiger partial charge in [0.25, 0.3) is 0 Å². The first-order valence-corrected chi connectivity index (χ1v) is 5.68. The van der Waals surface area contributed by atoms with Crippen LogP contribution in [-0.2, 0) is 19.7 Å². The Kier molecular flexibility index (Phi) is 5.51. The largest absolute Gasteiger partial charge is 0.471 e. The number of hydrogen-bond donors (Lipinski definition) is 0. The summed E-state index contributed by atoms with van der Waals surface area (Å²) in [5.41, 5.74) is 0. The molecule has 0 fully saturated rings. The quantitative estimate of drug-likeness (QED) is 0.415. The Hall–Kier alpha value is -1.25. The van der Waals surface area contributed by atoms with Crippen molar-refractivity contribution in [3.05, 3.63) is 12.1 Å². The zero-order chi connectivity index (χ0) is 17.3. The summed E-state index contributed by atoms with van der Waals surface area (Å²) in [6, 6.07) is -3.59. The minimum Gasteiger partial charge on any atom is -0.398 e. The predicted molar refractivity (Wildman–Crippen MR) is 42.3 cm³/mol. The van der Waals surface area contributed by atoms with Gasteiger partial charge in [0, 0.05) is 0 Å². The van der Waals surface area contributed by atoms with E-state index in [1.54, 1.807) is 0 Å². The lowest BCUT2D eigenvalue weighted by Gasteiger charge is -2.32. The molecule has 21 heavy (non-hydrogen) atoms. The highest BCUT2D eigenvalue weighted by Crippen LogP contribution is 2.48. The molecule has 0 radical (unpaired) electrons. The maximum atomic E-state index is 13.1. The van der Waals surface area contributed by atoms with Crippen LogP contribution in [0.15, 0.2) is 12.1 Å². The fraction of sp³-hybridized carbons (Fsp3) is 0.667. The lowest BCUT2D eigenvalue weighted by molar-refractivity contribution is -0.451. The Balaban J connectivity index is 5.65. The fourth-order valence-electron chi connectivity index (χ4n) is 0.699. The second kappa shape index (κ2) is 5.86. The molecule has 1 atom stereocenters. The molecule has 4 nitrogen and oxygen atoms in total. The van der Waals surface area contributed by atoms with Crippen LogP contribution in [0.4, 0.5) is 43.4 Å². The summed E-state index contributed by atoms with van der Waals surface area (Å²) in [5, 5.41) is 0. The van der Waals surface area contributed by atoms with Crippen LogP contribution in [0, 0.1) is 0 Å². The number of halogens is 10. The van der Waals surface area contributed by atoms with Gasteiger partial charge in [-0.2, -0.15) is 47.9 Å². The van der Waals surface area contributed by atoms with Crippen molar-refractivity contribution >= 4 is 10.2 Å². The number of ether oxygens (including phenoxy) is 2. The van der Waals surface area contributed by atoms with Crippen LogP contribution in [-0.4, -0.2) is 32.5 Å².